The van der Waals surface area contributed by atoms with Crippen molar-refractivity contribution < 1.29 is 27.8 Å². The number of aliphatic hydroxyl groups is 1. The Morgan fingerprint density at radius 3 is 2.36 bits per heavy atom. The molecule has 2 rings (SSSR count). The molecule has 1 saturated heterocycles. The number of carbonyl (C=O) groups excluding carboxylic acids is 1. The van der Waals surface area contributed by atoms with Crippen LogP contribution >= 0.6 is 0 Å². The second kappa shape index (κ2) is 6.97. The first-order valence-electron chi connectivity index (χ1n) is 6.87. The van der Waals surface area contributed by atoms with Crippen LogP contribution in [0, 0.1) is 5.92 Å². The number of rotatable bonds is 4. The number of alkyl halides is 3. The monoisotopic (exact) mass is 318 g/mol. The van der Waals surface area contributed by atoms with E-state index in [0.29, 0.717) is 31.6 Å². The number of benzene rings is 1. The summed E-state index contributed by atoms with van der Waals surface area (Å²) in [7, 11) is 0. The summed E-state index contributed by atoms with van der Waals surface area (Å²) in [5, 5.41) is 11.7. The SMILES string of the molecule is O=C(Nc1ccc(OC(F)(F)F)cc1)C1CCN(CO)CC1. The fourth-order valence-corrected chi connectivity index (χ4v) is 2.32. The molecule has 22 heavy (non-hydrogen) atoms. The van der Waals surface area contributed by atoms with Crippen LogP contribution in [0.25, 0.3) is 0 Å². The highest BCUT2D eigenvalue weighted by Crippen LogP contribution is 2.25. The number of aliphatic hydroxyl groups excluding tert-OH is 1. The van der Waals surface area contributed by atoms with Crippen LogP contribution in [0.15, 0.2) is 24.3 Å². The Morgan fingerprint density at radius 1 is 1.27 bits per heavy atom. The summed E-state index contributed by atoms with van der Waals surface area (Å²) in [5.41, 5.74) is 0.420. The average molecular weight is 318 g/mol. The quantitative estimate of drug-likeness (QED) is 0.893. The fraction of sp³-hybridized carbons (Fsp3) is 0.500. The fourth-order valence-electron chi connectivity index (χ4n) is 2.32. The van der Waals surface area contributed by atoms with Crippen molar-refractivity contribution in [1.82, 2.24) is 4.90 Å². The van der Waals surface area contributed by atoms with Crippen molar-refractivity contribution in [2.24, 2.45) is 5.92 Å². The lowest BCUT2D eigenvalue weighted by Crippen LogP contribution is -2.38. The van der Waals surface area contributed by atoms with Gasteiger partial charge in [-0.3, -0.25) is 9.69 Å². The molecule has 1 aromatic rings. The maximum Gasteiger partial charge on any atom is 0.573 e. The maximum absolute atomic E-state index is 12.1. The molecule has 2 N–H and O–H groups in total. The van der Waals surface area contributed by atoms with E-state index in [1.165, 1.54) is 12.1 Å². The highest BCUT2D eigenvalue weighted by atomic mass is 19.4. The van der Waals surface area contributed by atoms with Crippen molar-refractivity contribution in [3.05, 3.63) is 24.3 Å². The molecule has 1 fully saturated rings. The molecule has 0 unspecified atom stereocenters. The third-order valence-electron chi connectivity index (χ3n) is 3.51. The van der Waals surface area contributed by atoms with Crippen molar-refractivity contribution in [1.29, 1.82) is 0 Å². The molecular formula is C14H17F3N2O3. The van der Waals surface area contributed by atoms with Gasteiger partial charge in [-0.25, -0.2) is 0 Å². The highest BCUT2D eigenvalue weighted by Gasteiger charge is 2.31. The number of amides is 1. The Bertz CT molecular complexity index is 497. The molecule has 0 atom stereocenters. The minimum absolute atomic E-state index is 0.0188. The normalized spacial score (nSPS) is 17.3. The largest absolute Gasteiger partial charge is 0.573 e. The van der Waals surface area contributed by atoms with Crippen molar-refractivity contribution in [3.8, 4) is 5.75 Å². The molecular weight excluding hydrogens is 301 g/mol. The first kappa shape index (κ1) is 16.6. The van der Waals surface area contributed by atoms with Gasteiger partial charge in [0.1, 0.15) is 5.75 Å². The number of hydrogen-bond donors (Lipinski definition) is 2. The third-order valence-corrected chi connectivity index (χ3v) is 3.51. The van der Waals surface area contributed by atoms with E-state index in [2.05, 4.69) is 10.1 Å². The van der Waals surface area contributed by atoms with E-state index < -0.39 is 6.36 Å². The van der Waals surface area contributed by atoms with Gasteiger partial charge in [0.25, 0.3) is 0 Å². The van der Waals surface area contributed by atoms with E-state index >= 15 is 0 Å². The first-order chi connectivity index (χ1) is 10.4. The maximum atomic E-state index is 12.1. The zero-order valence-corrected chi connectivity index (χ0v) is 11.8. The zero-order valence-electron chi connectivity index (χ0n) is 11.8. The van der Waals surface area contributed by atoms with Crippen molar-refractivity contribution in [3.63, 3.8) is 0 Å². The molecule has 8 heteroatoms. The van der Waals surface area contributed by atoms with Crippen LogP contribution in [0.1, 0.15) is 12.8 Å². The highest BCUT2D eigenvalue weighted by molar-refractivity contribution is 5.92. The zero-order chi connectivity index (χ0) is 16.2. The van der Waals surface area contributed by atoms with Gasteiger partial charge >= 0.3 is 6.36 Å². The Morgan fingerprint density at radius 2 is 1.86 bits per heavy atom. The molecule has 0 aromatic heterocycles. The Kier molecular flexibility index (Phi) is 5.25. The second-order valence-electron chi connectivity index (χ2n) is 5.10. The molecule has 0 saturated carbocycles. The van der Waals surface area contributed by atoms with Crippen LogP contribution in [0.4, 0.5) is 18.9 Å². The number of nitrogens with one attached hydrogen (secondary N) is 1. The summed E-state index contributed by atoms with van der Waals surface area (Å²) in [6.07, 6.45) is -3.45. The van der Waals surface area contributed by atoms with Gasteiger partial charge in [0.05, 0.1) is 6.73 Å². The molecule has 0 aliphatic carbocycles. The van der Waals surface area contributed by atoms with E-state index in [1.54, 1.807) is 0 Å². The molecule has 1 aromatic carbocycles. The van der Waals surface area contributed by atoms with Crippen molar-refractivity contribution >= 4 is 11.6 Å². The summed E-state index contributed by atoms with van der Waals surface area (Å²) >= 11 is 0. The molecule has 122 valence electrons. The topological polar surface area (TPSA) is 61.8 Å². The Balaban J connectivity index is 1.87. The van der Waals surface area contributed by atoms with Crippen LogP contribution < -0.4 is 10.1 Å². The summed E-state index contributed by atoms with van der Waals surface area (Å²) in [6, 6.07) is 5.03. The molecule has 1 heterocycles. The minimum atomic E-state index is -4.73. The molecule has 5 nitrogen and oxygen atoms in total. The number of hydrogen-bond acceptors (Lipinski definition) is 4. The van der Waals surface area contributed by atoms with E-state index in [0.717, 1.165) is 12.1 Å². The van der Waals surface area contributed by atoms with Crippen LogP contribution in [-0.2, 0) is 4.79 Å². The lowest BCUT2D eigenvalue weighted by molar-refractivity contribution is -0.274. The predicted molar refractivity (Wildman–Crippen MR) is 73.1 cm³/mol. The van der Waals surface area contributed by atoms with Crippen LogP contribution in [0.5, 0.6) is 5.75 Å². The van der Waals surface area contributed by atoms with Gasteiger partial charge in [-0.05, 0) is 37.1 Å². The third kappa shape index (κ3) is 4.88. The Hall–Kier alpha value is -1.80. The number of halogens is 3. The molecule has 0 spiro atoms. The number of nitrogens with zero attached hydrogens (tertiary/aromatic N) is 1. The standard InChI is InChI=1S/C14H17F3N2O3/c15-14(16,17)22-12-3-1-11(2-4-12)18-13(21)10-5-7-19(9-20)8-6-10/h1-4,10,20H,5-9H2,(H,18,21). The minimum Gasteiger partial charge on any atom is -0.406 e. The van der Waals surface area contributed by atoms with Crippen LogP contribution in [0.3, 0.4) is 0 Å². The van der Waals surface area contributed by atoms with E-state index in [1.807, 2.05) is 4.90 Å². The van der Waals surface area contributed by atoms with Gasteiger partial charge in [-0.1, -0.05) is 0 Å². The van der Waals surface area contributed by atoms with Gasteiger partial charge in [0, 0.05) is 24.7 Å². The average Bonchev–Trinajstić information content (AvgIpc) is 2.48. The lowest BCUT2D eigenvalue weighted by Gasteiger charge is -2.29. The number of likely N-dealkylation sites (tertiary alicyclic amines) is 1. The van der Waals surface area contributed by atoms with Crippen molar-refractivity contribution in [2.45, 2.75) is 19.2 Å². The molecule has 1 aliphatic heterocycles. The second-order valence-corrected chi connectivity index (χ2v) is 5.10. The predicted octanol–water partition coefficient (Wildman–Crippen LogP) is 2.19. The van der Waals surface area contributed by atoms with Crippen LogP contribution in [0.2, 0.25) is 0 Å². The van der Waals surface area contributed by atoms with Gasteiger partial charge < -0.3 is 15.2 Å². The first-order valence-corrected chi connectivity index (χ1v) is 6.87. The summed E-state index contributed by atoms with van der Waals surface area (Å²) in [4.78, 5) is 13.9. The number of ether oxygens (including phenoxy) is 1. The van der Waals surface area contributed by atoms with Gasteiger partial charge in [0.15, 0.2) is 0 Å². The Labute approximate surface area is 125 Å². The number of carbonyl (C=O) groups is 1. The smallest absolute Gasteiger partial charge is 0.406 e. The lowest BCUT2D eigenvalue weighted by atomic mass is 9.96. The molecule has 0 bridgehead atoms. The van der Waals surface area contributed by atoms with E-state index in [4.69, 9.17) is 5.11 Å². The van der Waals surface area contributed by atoms with Gasteiger partial charge in [-0.2, -0.15) is 0 Å². The molecule has 0 radical (unpaired) electrons. The summed E-state index contributed by atoms with van der Waals surface area (Å²) < 4.78 is 39.9. The summed E-state index contributed by atoms with van der Waals surface area (Å²) in [5.74, 6) is -0.655. The number of piperidine rings is 1. The van der Waals surface area contributed by atoms with Crippen molar-refractivity contribution in [2.75, 3.05) is 25.1 Å². The number of anilines is 1. The molecule has 1 aliphatic rings. The van der Waals surface area contributed by atoms with E-state index in [-0.39, 0.29) is 24.3 Å². The molecule has 1 amide bonds. The summed E-state index contributed by atoms with van der Waals surface area (Å²) in [6.45, 7) is 1.27. The van der Waals surface area contributed by atoms with Crippen LogP contribution in [-0.4, -0.2) is 42.1 Å². The van der Waals surface area contributed by atoms with Gasteiger partial charge in [-0.15, -0.1) is 13.2 Å². The van der Waals surface area contributed by atoms with Gasteiger partial charge in [0.2, 0.25) is 5.91 Å². The van der Waals surface area contributed by atoms with E-state index in [9.17, 15) is 18.0 Å².